The van der Waals surface area contributed by atoms with Gasteiger partial charge in [0.1, 0.15) is 5.84 Å². The van der Waals surface area contributed by atoms with E-state index in [0.717, 1.165) is 11.1 Å². The van der Waals surface area contributed by atoms with E-state index in [1.165, 1.54) is 0 Å². The van der Waals surface area contributed by atoms with E-state index in [9.17, 15) is 0 Å². The third kappa shape index (κ3) is 1.61. The van der Waals surface area contributed by atoms with Crippen molar-refractivity contribution in [2.24, 2.45) is 0 Å². The number of amidine groups is 1. The Bertz CT molecular complexity index is 401. The van der Waals surface area contributed by atoms with Gasteiger partial charge < -0.3 is 9.64 Å². The first-order valence-electron chi connectivity index (χ1n) is 5.74. The fraction of sp³-hybridized carbons (Fsp3) is 0.462. The second kappa shape index (κ2) is 4.26. The van der Waals surface area contributed by atoms with Crippen LogP contribution in [0.5, 0.6) is 0 Å². The molecule has 0 spiro atoms. The zero-order valence-corrected chi connectivity index (χ0v) is 10.0. The maximum Gasteiger partial charge on any atom is 0.158 e. The van der Waals surface area contributed by atoms with Gasteiger partial charge in [0.05, 0.1) is 0 Å². The van der Waals surface area contributed by atoms with Crippen molar-refractivity contribution in [3.05, 3.63) is 35.4 Å². The minimum absolute atomic E-state index is 0.0892. The van der Waals surface area contributed by atoms with Crippen molar-refractivity contribution < 1.29 is 4.74 Å². The van der Waals surface area contributed by atoms with Gasteiger partial charge in [-0.1, -0.05) is 24.3 Å². The summed E-state index contributed by atoms with van der Waals surface area (Å²) in [7, 11) is 0. The third-order valence-electron chi connectivity index (χ3n) is 2.87. The van der Waals surface area contributed by atoms with Gasteiger partial charge in [-0.05, 0) is 20.8 Å². The molecule has 2 rings (SSSR count). The first-order chi connectivity index (χ1) is 7.66. The Labute approximate surface area is 96.5 Å². The summed E-state index contributed by atoms with van der Waals surface area (Å²) in [4.78, 5) is 2.02. The van der Waals surface area contributed by atoms with E-state index in [0.29, 0.717) is 12.4 Å². The van der Waals surface area contributed by atoms with E-state index < -0.39 is 0 Å². The average molecular weight is 218 g/mol. The molecule has 1 aliphatic rings. The summed E-state index contributed by atoms with van der Waals surface area (Å²) in [5, 5.41) is 8.17. The maximum absolute atomic E-state index is 8.17. The molecule has 1 atom stereocenters. The minimum atomic E-state index is -0.0892. The summed E-state index contributed by atoms with van der Waals surface area (Å²) >= 11 is 0. The quantitative estimate of drug-likeness (QED) is 0.846. The summed E-state index contributed by atoms with van der Waals surface area (Å²) in [5.74, 6) is 0.573. The molecule has 1 N–H and O–H groups in total. The molecule has 0 aliphatic carbocycles. The van der Waals surface area contributed by atoms with Crippen molar-refractivity contribution in [2.45, 2.75) is 33.0 Å². The molecule has 0 saturated heterocycles. The Kier molecular flexibility index (Phi) is 2.97. The molecule has 0 saturated carbocycles. The highest BCUT2D eigenvalue weighted by atomic mass is 16.5. The van der Waals surface area contributed by atoms with E-state index in [4.69, 9.17) is 10.1 Å². The SMILES string of the molecule is CCOC1c2ccccc2C(=N)N1C(C)C. The number of rotatable bonds is 3. The first-order valence-corrected chi connectivity index (χ1v) is 5.74. The van der Waals surface area contributed by atoms with Crippen LogP contribution in [0.4, 0.5) is 0 Å². The molecule has 0 fully saturated rings. The number of benzene rings is 1. The number of fused-ring (bicyclic) bond motifs is 1. The van der Waals surface area contributed by atoms with Crippen molar-refractivity contribution in [3.8, 4) is 0 Å². The Balaban J connectivity index is 2.43. The van der Waals surface area contributed by atoms with Crippen LogP contribution in [-0.2, 0) is 4.74 Å². The molecule has 1 unspecified atom stereocenters. The lowest BCUT2D eigenvalue weighted by molar-refractivity contribution is -0.0277. The smallest absolute Gasteiger partial charge is 0.158 e. The lowest BCUT2D eigenvalue weighted by Gasteiger charge is -2.30. The molecule has 0 amide bonds. The minimum Gasteiger partial charge on any atom is -0.354 e. The van der Waals surface area contributed by atoms with Gasteiger partial charge in [-0.3, -0.25) is 5.41 Å². The van der Waals surface area contributed by atoms with Gasteiger partial charge in [0.2, 0.25) is 0 Å². The molecule has 1 heterocycles. The molecule has 0 aromatic heterocycles. The Morgan fingerprint density at radius 1 is 1.38 bits per heavy atom. The predicted octanol–water partition coefficient (Wildman–Crippen LogP) is 2.77. The number of nitrogens with one attached hydrogen (secondary N) is 1. The molecule has 1 aromatic carbocycles. The van der Waals surface area contributed by atoms with Gasteiger partial charge in [-0.2, -0.15) is 0 Å². The van der Waals surface area contributed by atoms with Crippen LogP contribution in [0.1, 0.15) is 38.1 Å². The van der Waals surface area contributed by atoms with Crippen molar-refractivity contribution >= 4 is 5.84 Å². The highest BCUT2D eigenvalue weighted by Gasteiger charge is 2.35. The molecule has 0 radical (unpaired) electrons. The second-order valence-electron chi connectivity index (χ2n) is 4.24. The molecule has 3 heteroatoms. The molecule has 1 aliphatic heterocycles. The van der Waals surface area contributed by atoms with Gasteiger partial charge in [0, 0.05) is 23.8 Å². The van der Waals surface area contributed by atoms with Crippen molar-refractivity contribution in [1.29, 1.82) is 5.41 Å². The average Bonchev–Trinajstić information content (AvgIpc) is 2.54. The molecule has 86 valence electrons. The van der Waals surface area contributed by atoms with Gasteiger partial charge in [-0.25, -0.2) is 0 Å². The van der Waals surface area contributed by atoms with Crippen LogP contribution in [0.2, 0.25) is 0 Å². The van der Waals surface area contributed by atoms with Gasteiger partial charge in [0.25, 0.3) is 0 Å². The third-order valence-corrected chi connectivity index (χ3v) is 2.87. The summed E-state index contributed by atoms with van der Waals surface area (Å²) in [5.41, 5.74) is 2.11. The fourth-order valence-corrected chi connectivity index (χ4v) is 2.19. The monoisotopic (exact) mass is 218 g/mol. The lowest BCUT2D eigenvalue weighted by atomic mass is 10.1. The van der Waals surface area contributed by atoms with Crippen LogP contribution >= 0.6 is 0 Å². The topological polar surface area (TPSA) is 36.3 Å². The van der Waals surface area contributed by atoms with Crippen LogP contribution < -0.4 is 0 Å². The van der Waals surface area contributed by atoms with Gasteiger partial charge in [0.15, 0.2) is 6.23 Å². The zero-order chi connectivity index (χ0) is 11.7. The van der Waals surface area contributed by atoms with Crippen LogP contribution in [-0.4, -0.2) is 23.4 Å². The normalized spacial score (nSPS) is 19.4. The van der Waals surface area contributed by atoms with Crippen molar-refractivity contribution in [3.63, 3.8) is 0 Å². The summed E-state index contributed by atoms with van der Waals surface area (Å²) in [6, 6.07) is 8.29. The lowest BCUT2D eigenvalue weighted by Crippen LogP contribution is -2.35. The molecule has 16 heavy (non-hydrogen) atoms. The summed E-state index contributed by atoms with van der Waals surface area (Å²) < 4.78 is 5.76. The fourth-order valence-electron chi connectivity index (χ4n) is 2.19. The second-order valence-corrected chi connectivity index (χ2v) is 4.24. The summed E-state index contributed by atoms with van der Waals surface area (Å²) in [6.45, 7) is 6.83. The van der Waals surface area contributed by atoms with E-state index in [-0.39, 0.29) is 12.3 Å². The molecular formula is C13H18N2O. The molecular weight excluding hydrogens is 200 g/mol. The Morgan fingerprint density at radius 2 is 2.06 bits per heavy atom. The predicted molar refractivity (Wildman–Crippen MR) is 64.6 cm³/mol. The maximum atomic E-state index is 8.17. The molecule has 3 nitrogen and oxygen atoms in total. The van der Waals surface area contributed by atoms with Crippen LogP contribution in [0.15, 0.2) is 24.3 Å². The number of hydrogen-bond acceptors (Lipinski definition) is 2. The van der Waals surface area contributed by atoms with Crippen LogP contribution in [0.25, 0.3) is 0 Å². The summed E-state index contributed by atoms with van der Waals surface area (Å²) in [6.07, 6.45) is -0.0892. The van der Waals surface area contributed by atoms with Gasteiger partial charge in [-0.15, -0.1) is 0 Å². The van der Waals surface area contributed by atoms with E-state index >= 15 is 0 Å². The Hall–Kier alpha value is -1.35. The van der Waals surface area contributed by atoms with Crippen LogP contribution in [0, 0.1) is 5.41 Å². The van der Waals surface area contributed by atoms with Gasteiger partial charge >= 0.3 is 0 Å². The Morgan fingerprint density at radius 3 is 2.69 bits per heavy atom. The van der Waals surface area contributed by atoms with E-state index in [1.54, 1.807) is 0 Å². The highest BCUT2D eigenvalue weighted by molar-refractivity contribution is 6.01. The first kappa shape index (κ1) is 11.1. The van der Waals surface area contributed by atoms with E-state index in [2.05, 4.69) is 13.8 Å². The molecule has 0 bridgehead atoms. The standard InChI is InChI=1S/C13H18N2O/c1-4-16-13-11-8-6-5-7-10(11)12(14)15(13)9(2)3/h5-9,13-14H,4H2,1-3H3. The molecule has 1 aromatic rings. The number of nitrogens with zero attached hydrogens (tertiary/aromatic N) is 1. The number of ether oxygens (including phenoxy) is 1. The van der Waals surface area contributed by atoms with Crippen LogP contribution in [0.3, 0.4) is 0 Å². The number of hydrogen-bond donors (Lipinski definition) is 1. The van der Waals surface area contributed by atoms with Crippen molar-refractivity contribution in [1.82, 2.24) is 4.90 Å². The van der Waals surface area contributed by atoms with E-state index in [1.807, 2.05) is 36.1 Å². The zero-order valence-electron chi connectivity index (χ0n) is 10.0. The largest absolute Gasteiger partial charge is 0.354 e. The highest BCUT2D eigenvalue weighted by Crippen LogP contribution is 2.35. The van der Waals surface area contributed by atoms with Crippen molar-refractivity contribution in [2.75, 3.05) is 6.61 Å².